The van der Waals surface area contributed by atoms with Crippen LogP contribution in [0.25, 0.3) is 27.7 Å². The average molecular weight is 495 g/mol. The number of amides is 1. The third-order valence-corrected chi connectivity index (χ3v) is 7.32. The minimum Gasteiger partial charge on any atom is -0.354 e. The summed E-state index contributed by atoms with van der Waals surface area (Å²) in [6.07, 6.45) is 8.60. The summed E-state index contributed by atoms with van der Waals surface area (Å²) in [6, 6.07) is 3.26. The highest BCUT2D eigenvalue weighted by molar-refractivity contribution is 6.02. The SMILES string of the molecule is CN1CCC(CNc2ncc3c(-c4ccn5ncc(C(=O)NC6CC(F)(F)C6)c5c4)c[nH]c3n2)CC1. The molecule has 1 aliphatic carbocycles. The van der Waals surface area contributed by atoms with E-state index < -0.39 is 17.9 Å². The molecule has 4 aromatic rings. The van der Waals surface area contributed by atoms with E-state index in [0.29, 0.717) is 22.9 Å². The number of aromatic nitrogens is 5. The number of nitrogens with one attached hydrogen (secondary N) is 3. The Morgan fingerprint density at radius 3 is 2.83 bits per heavy atom. The molecular formula is C25H28F2N8O. The molecule has 0 bridgehead atoms. The molecule has 3 N–H and O–H groups in total. The Morgan fingerprint density at radius 2 is 2.06 bits per heavy atom. The smallest absolute Gasteiger partial charge is 0.255 e. The van der Waals surface area contributed by atoms with E-state index >= 15 is 0 Å². The van der Waals surface area contributed by atoms with Gasteiger partial charge in [-0.2, -0.15) is 10.1 Å². The van der Waals surface area contributed by atoms with Crippen LogP contribution < -0.4 is 10.6 Å². The molecule has 4 aromatic heterocycles. The number of aromatic amines is 1. The molecule has 1 saturated carbocycles. The third-order valence-electron chi connectivity index (χ3n) is 7.32. The van der Waals surface area contributed by atoms with Crippen LogP contribution in [0.5, 0.6) is 0 Å². The summed E-state index contributed by atoms with van der Waals surface area (Å²) >= 11 is 0. The number of H-pyrrole nitrogens is 1. The molecule has 0 spiro atoms. The van der Waals surface area contributed by atoms with Crippen molar-refractivity contribution in [2.75, 3.05) is 32.0 Å². The van der Waals surface area contributed by atoms with Crippen molar-refractivity contribution in [3.05, 3.63) is 42.5 Å². The highest BCUT2D eigenvalue weighted by atomic mass is 19.3. The van der Waals surface area contributed by atoms with Crippen molar-refractivity contribution < 1.29 is 13.6 Å². The topological polar surface area (TPSA) is 103 Å². The number of fused-ring (bicyclic) bond motifs is 2. The molecule has 1 saturated heterocycles. The molecule has 1 amide bonds. The van der Waals surface area contributed by atoms with Crippen LogP contribution in [0.2, 0.25) is 0 Å². The third kappa shape index (κ3) is 4.39. The fourth-order valence-corrected chi connectivity index (χ4v) is 5.08. The van der Waals surface area contributed by atoms with Gasteiger partial charge in [0, 0.05) is 55.0 Å². The Bertz CT molecular complexity index is 1410. The molecule has 5 heterocycles. The molecule has 11 heteroatoms. The maximum atomic E-state index is 13.2. The van der Waals surface area contributed by atoms with E-state index in [0.717, 1.165) is 41.8 Å². The second-order valence-corrected chi connectivity index (χ2v) is 10.0. The number of piperidine rings is 1. The lowest BCUT2D eigenvalue weighted by Gasteiger charge is -2.35. The van der Waals surface area contributed by atoms with Gasteiger partial charge in [-0.1, -0.05) is 0 Å². The van der Waals surface area contributed by atoms with Gasteiger partial charge in [-0.25, -0.2) is 18.3 Å². The number of alkyl halides is 2. The Hall–Kier alpha value is -3.60. The summed E-state index contributed by atoms with van der Waals surface area (Å²) in [5.41, 5.74) is 3.45. The Morgan fingerprint density at radius 1 is 1.25 bits per heavy atom. The Kier molecular flexibility index (Phi) is 5.59. The van der Waals surface area contributed by atoms with Gasteiger partial charge >= 0.3 is 0 Å². The van der Waals surface area contributed by atoms with Crippen molar-refractivity contribution in [2.45, 2.75) is 37.6 Å². The van der Waals surface area contributed by atoms with Crippen LogP contribution >= 0.6 is 0 Å². The predicted octanol–water partition coefficient (Wildman–Crippen LogP) is 3.55. The number of halogens is 2. The number of anilines is 1. The van der Waals surface area contributed by atoms with Gasteiger partial charge in [-0.3, -0.25) is 4.79 Å². The zero-order valence-corrected chi connectivity index (χ0v) is 20.0. The van der Waals surface area contributed by atoms with Gasteiger partial charge in [0.2, 0.25) is 5.95 Å². The number of carbonyl (C=O) groups is 1. The van der Waals surface area contributed by atoms with Crippen molar-refractivity contribution in [1.29, 1.82) is 0 Å². The molecule has 0 radical (unpaired) electrons. The van der Waals surface area contributed by atoms with E-state index in [-0.39, 0.29) is 12.8 Å². The first-order valence-corrected chi connectivity index (χ1v) is 12.3. The van der Waals surface area contributed by atoms with Crippen molar-refractivity contribution in [1.82, 2.24) is 34.8 Å². The van der Waals surface area contributed by atoms with E-state index in [2.05, 4.69) is 42.6 Å². The summed E-state index contributed by atoms with van der Waals surface area (Å²) in [7, 11) is 2.16. The van der Waals surface area contributed by atoms with Crippen LogP contribution in [0.15, 0.2) is 36.9 Å². The van der Waals surface area contributed by atoms with E-state index in [1.165, 1.54) is 19.0 Å². The van der Waals surface area contributed by atoms with E-state index in [9.17, 15) is 13.6 Å². The number of rotatable bonds is 6. The second-order valence-electron chi connectivity index (χ2n) is 10.0. The molecule has 0 atom stereocenters. The highest BCUT2D eigenvalue weighted by Crippen LogP contribution is 2.37. The molecule has 9 nitrogen and oxygen atoms in total. The summed E-state index contributed by atoms with van der Waals surface area (Å²) in [4.78, 5) is 27.5. The zero-order chi connectivity index (χ0) is 24.9. The molecule has 6 rings (SSSR count). The molecular weight excluding hydrogens is 466 g/mol. The van der Waals surface area contributed by atoms with Crippen LogP contribution in [-0.2, 0) is 0 Å². The summed E-state index contributed by atoms with van der Waals surface area (Å²) in [5.74, 6) is -1.87. The first kappa shape index (κ1) is 22.8. The summed E-state index contributed by atoms with van der Waals surface area (Å²) in [6.45, 7) is 3.09. The number of likely N-dealkylation sites (tertiary alicyclic amines) is 1. The van der Waals surface area contributed by atoms with Gasteiger partial charge in [0.15, 0.2) is 0 Å². The number of nitrogens with zero attached hydrogens (tertiary/aromatic N) is 5. The molecule has 2 fully saturated rings. The second kappa shape index (κ2) is 8.81. The lowest BCUT2D eigenvalue weighted by molar-refractivity contribution is -0.0901. The lowest BCUT2D eigenvalue weighted by Crippen LogP contribution is -2.50. The number of hydrogen-bond acceptors (Lipinski definition) is 6. The van der Waals surface area contributed by atoms with Gasteiger partial charge in [-0.05, 0) is 56.6 Å². The van der Waals surface area contributed by atoms with E-state index in [1.54, 1.807) is 16.9 Å². The number of hydrogen-bond donors (Lipinski definition) is 3. The van der Waals surface area contributed by atoms with E-state index in [1.807, 2.05) is 18.3 Å². The lowest BCUT2D eigenvalue weighted by atomic mass is 9.88. The molecule has 1 aliphatic heterocycles. The quantitative estimate of drug-likeness (QED) is 0.379. The van der Waals surface area contributed by atoms with E-state index in [4.69, 9.17) is 0 Å². The molecule has 36 heavy (non-hydrogen) atoms. The summed E-state index contributed by atoms with van der Waals surface area (Å²) in [5, 5.41) is 11.2. The fraction of sp³-hybridized carbons (Fsp3) is 0.440. The summed E-state index contributed by atoms with van der Waals surface area (Å²) < 4.78 is 27.9. The van der Waals surface area contributed by atoms with Crippen LogP contribution in [0, 0.1) is 5.92 Å². The van der Waals surface area contributed by atoms with Crippen LogP contribution in [0.3, 0.4) is 0 Å². The standard InChI is InChI=1S/C25H28F2N8O/c1-34-5-2-15(3-6-34)11-29-24-30-13-19-18(12-28-22(19)33-24)16-4-7-35-21(8-16)20(14-31-35)23(36)32-17-9-25(26,27)10-17/h4,7-8,12-15,17H,2-3,5-6,9-11H2,1H3,(H,32,36)(H2,28,29,30,33). The maximum absolute atomic E-state index is 13.2. The van der Waals surface area contributed by atoms with Crippen LogP contribution in [-0.4, -0.2) is 74.0 Å². The van der Waals surface area contributed by atoms with Gasteiger partial charge in [-0.15, -0.1) is 0 Å². The van der Waals surface area contributed by atoms with Crippen molar-refractivity contribution in [3.8, 4) is 11.1 Å². The molecule has 0 unspecified atom stereocenters. The van der Waals surface area contributed by atoms with Crippen LogP contribution in [0.4, 0.5) is 14.7 Å². The van der Waals surface area contributed by atoms with Crippen LogP contribution in [0.1, 0.15) is 36.0 Å². The van der Waals surface area contributed by atoms with Crippen molar-refractivity contribution in [3.63, 3.8) is 0 Å². The van der Waals surface area contributed by atoms with Gasteiger partial charge in [0.25, 0.3) is 11.8 Å². The molecule has 0 aromatic carbocycles. The highest BCUT2D eigenvalue weighted by Gasteiger charge is 2.46. The molecule has 188 valence electrons. The minimum atomic E-state index is -2.69. The first-order valence-electron chi connectivity index (χ1n) is 12.3. The number of pyridine rings is 1. The predicted molar refractivity (Wildman–Crippen MR) is 132 cm³/mol. The monoisotopic (exact) mass is 494 g/mol. The van der Waals surface area contributed by atoms with Gasteiger partial charge < -0.3 is 20.5 Å². The normalized spacial score (nSPS) is 19.0. The Balaban J connectivity index is 1.20. The number of carbonyl (C=O) groups excluding carboxylic acids is 1. The maximum Gasteiger partial charge on any atom is 0.255 e. The molecule has 2 aliphatic rings. The average Bonchev–Trinajstić information content (AvgIpc) is 3.46. The largest absolute Gasteiger partial charge is 0.354 e. The fourth-order valence-electron chi connectivity index (χ4n) is 5.08. The van der Waals surface area contributed by atoms with Gasteiger partial charge in [0.05, 0.1) is 17.3 Å². The van der Waals surface area contributed by atoms with Crippen molar-refractivity contribution in [2.24, 2.45) is 5.92 Å². The Labute approximate surface area is 206 Å². The zero-order valence-electron chi connectivity index (χ0n) is 20.0. The first-order chi connectivity index (χ1) is 17.3. The van der Waals surface area contributed by atoms with Crippen molar-refractivity contribution >= 4 is 28.4 Å². The van der Waals surface area contributed by atoms with Gasteiger partial charge in [0.1, 0.15) is 5.65 Å². The minimum absolute atomic E-state index is 0.326.